The van der Waals surface area contributed by atoms with Gasteiger partial charge in [0.2, 0.25) is 5.78 Å². The summed E-state index contributed by atoms with van der Waals surface area (Å²) in [5.41, 5.74) is 0.241. The summed E-state index contributed by atoms with van der Waals surface area (Å²) < 4.78 is 4.89. The number of esters is 1. The molecule has 4 nitrogen and oxygen atoms in total. The Morgan fingerprint density at radius 2 is 1.95 bits per heavy atom. The summed E-state index contributed by atoms with van der Waals surface area (Å²) in [4.78, 5) is 25.8. The molecule has 1 rings (SSSR count). The quantitative estimate of drug-likeness (QED) is 0.274. The van der Waals surface area contributed by atoms with Crippen LogP contribution in [0.25, 0.3) is 0 Å². The van der Waals surface area contributed by atoms with Crippen LogP contribution in [0.15, 0.2) is 36.0 Å². The molecule has 0 aliphatic carbocycles. The van der Waals surface area contributed by atoms with Crippen LogP contribution < -0.4 is 0 Å². The molecule has 19 heavy (non-hydrogen) atoms. The van der Waals surface area contributed by atoms with E-state index in [1.165, 1.54) is 6.20 Å². The molecule has 102 valence electrons. The predicted molar refractivity (Wildman–Crippen MR) is 74.2 cm³/mol. The van der Waals surface area contributed by atoms with Gasteiger partial charge in [-0.1, -0.05) is 23.7 Å². The van der Waals surface area contributed by atoms with Crippen molar-refractivity contribution in [3.63, 3.8) is 0 Å². The first-order valence-electron chi connectivity index (χ1n) is 5.82. The lowest BCUT2D eigenvalue weighted by atomic mass is 10.0. The van der Waals surface area contributed by atoms with Crippen molar-refractivity contribution in [3.8, 4) is 0 Å². The van der Waals surface area contributed by atoms with E-state index in [2.05, 4.69) is 0 Å². The minimum absolute atomic E-state index is 0.0417. The molecule has 0 spiro atoms. The fourth-order valence-electron chi connectivity index (χ4n) is 1.46. The van der Waals surface area contributed by atoms with Crippen molar-refractivity contribution in [3.05, 3.63) is 46.6 Å². The SMILES string of the molecule is CCOC(=O)C(=CN(C)C)C(=O)c1ccccc1Cl. The van der Waals surface area contributed by atoms with Crippen molar-refractivity contribution in [1.82, 2.24) is 4.90 Å². The third-order valence-corrected chi connectivity index (χ3v) is 2.58. The highest BCUT2D eigenvalue weighted by atomic mass is 35.5. The lowest BCUT2D eigenvalue weighted by Gasteiger charge is -2.11. The zero-order valence-electron chi connectivity index (χ0n) is 11.1. The van der Waals surface area contributed by atoms with Crippen LogP contribution in [0.2, 0.25) is 5.02 Å². The summed E-state index contributed by atoms with van der Waals surface area (Å²) in [5, 5.41) is 0.307. The maximum Gasteiger partial charge on any atom is 0.343 e. The number of carbonyl (C=O) groups is 2. The number of rotatable bonds is 5. The lowest BCUT2D eigenvalue weighted by Crippen LogP contribution is -2.19. The van der Waals surface area contributed by atoms with Gasteiger partial charge in [-0.25, -0.2) is 4.79 Å². The van der Waals surface area contributed by atoms with E-state index >= 15 is 0 Å². The number of carbonyl (C=O) groups excluding carboxylic acids is 2. The first-order chi connectivity index (χ1) is 8.97. The van der Waals surface area contributed by atoms with Crippen molar-refractivity contribution in [2.75, 3.05) is 20.7 Å². The number of nitrogens with zero attached hydrogens (tertiary/aromatic N) is 1. The third-order valence-electron chi connectivity index (χ3n) is 2.25. The zero-order chi connectivity index (χ0) is 14.4. The Hall–Kier alpha value is -1.81. The minimum Gasteiger partial charge on any atom is -0.462 e. The van der Waals surface area contributed by atoms with E-state index in [4.69, 9.17) is 16.3 Å². The molecule has 0 bridgehead atoms. The van der Waals surface area contributed by atoms with Crippen LogP contribution in [0, 0.1) is 0 Å². The average molecular weight is 282 g/mol. The van der Waals surface area contributed by atoms with E-state index in [-0.39, 0.29) is 17.7 Å². The Labute approximate surface area is 117 Å². The highest BCUT2D eigenvalue weighted by molar-refractivity contribution is 6.36. The Morgan fingerprint density at radius 3 is 2.47 bits per heavy atom. The molecule has 1 aromatic carbocycles. The van der Waals surface area contributed by atoms with Crippen LogP contribution in [0.1, 0.15) is 17.3 Å². The molecule has 0 amide bonds. The third kappa shape index (κ3) is 4.10. The monoisotopic (exact) mass is 281 g/mol. The number of hydrogen-bond acceptors (Lipinski definition) is 4. The molecule has 0 atom stereocenters. The van der Waals surface area contributed by atoms with Crippen molar-refractivity contribution in [2.24, 2.45) is 0 Å². The van der Waals surface area contributed by atoms with Gasteiger partial charge in [0.25, 0.3) is 0 Å². The molecule has 1 aromatic rings. The maximum absolute atomic E-state index is 12.3. The van der Waals surface area contributed by atoms with Crippen LogP contribution in [0.3, 0.4) is 0 Å². The van der Waals surface area contributed by atoms with E-state index < -0.39 is 11.8 Å². The summed E-state index contributed by atoms with van der Waals surface area (Å²) in [6.07, 6.45) is 1.43. The van der Waals surface area contributed by atoms with Crippen LogP contribution in [-0.4, -0.2) is 37.4 Å². The maximum atomic E-state index is 12.3. The summed E-state index contributed by atoms with van der Waals surface area (Å²) in [6.45, 7) is 1.89. The number of ether oxygens (including phenoxy) is 1. The predicted octanol–water partition coefficient (Wildman–Crippen LogP) is 2.53. The molecule has 0 saturated carbocycles. The Bertz CT molecular complexity index is 509. The molecule has 0 radical (unpaired) electrons. The molecular formula is C14H16ClNO3. The van der Waals surface area contributed by atoms with Crippen molar-refractivity contribution in [2.45, 2.75) is 6.92 Å². The molecule has 0 saturated heterocycles. The van der Waals surface area contributed by atoms with E-state index in [0.29, 0.717) is 5.02 Å². The second kappa shape index (κ2) is 6.95. The number of benzene rings is 1. The van der Waals surface area contributed by atoms with E-state index in [0.717, 1.165) is 0 Å². The van der Waals surface area contributed by atoms with Crippen LogP contribution >= 0.6 is 11.6 Å². The highest BCUT2D eigenvalue weighted by Crippen LogP contribution is 2.19. The second-order valence-corrected chi connectivity index (χ2v) is 4.44. The number of ketones is 1. The van der Waals surface area contributed by atoms with Gasteiger partial charge in [0, 0.05) is 25.9 Å². The molecule has 5 heteroatoms. The number of halogens is 1. The van der Waals surface area contributed by atoms with Crippen molar-refractivity contribution < 1.29 is 14.3 Å². The van der Waals surface area contributed by atoms with Crippen LogP contribution in [0.4, 0.5) is 0 Å². The van der Waals surface area contributed by atoms with E-state index in [9.17, 15) is 9.59 Å². The van der Waals surface area contributed by atoms with Gasteiger partial charge in [0.05, 0.1) is 11.6 Å². The molecule has 0 heterocycles. The van der Waals surface area contributed by atoms with E-state index in [1.54, 1.807) is 50.2 Å². The number of hydrogen-bond donors (Lipinski definition) is 0. The summed E-state index contributed by atoms with van der Waals surface area (Å²) in [6, 6.07) is 6.59. The topological polar surface area (TPSA) is 46.6 Å². The van der Waals surface area contributed by atoms with Gasteiger partial charge in [-0.15, -0.1) is 0 Å². The lowest BCUT2D eigenvalue weighted by molar-refractivity contribution is -0.138. The largest absolute Gasteiger partial charge is 0.462 e. The highest BCUT2D eigenvalue weighted by Gasteiger charge is 2.23. The van der Waals surface area contributed by atoms with Gasteiger partial charge in [-0.2, -0.15) is 0 Å². The van der Waals surface area contributed by atoms with Gasteiger partial charge >= 0.3 is 5.97 Å². The molecule has 0 N–H and O–H groups in total. The van der Waals surface area contributed by atoms with Gasteiger partial charge in [-0.05, 0) is 19.1 Å². The van der Waals surface area contributed by atoms with Crippen LogP contribution in [-0.2, 0) is 9.53 Å². The first kappa shape index (κ1) is 15.2. The second-order valence-electron chi connectivity index (χ2n) is 4.04. The first-order valence-corrected chi connectivity index (χ1v) is 6.19. The number of Topliss-reactive ketones (excluding diaryl/α,β-unsaturated/α-hetero) is 1. The summed E-state index contributed by atoms with van der Waals surface area (Å²) >= 11 is 5.97. The van der Waals surface area contributed by atoms with Gasteiger partial charge in [0.1, 0.15) is 5.57 Å². The Morgan fingerprint density at radius 1 is 1.32 bits per heavy atom. The Kier molecular flexibility index (Phi) is 5.57. The Balaban J connectivity index is 3.16. The zero-order valence-corrected chi connectivity index (χ0v) is 11.9. The smallest absolute Gasteiger partial charge is 0.343 e. The fraction of sp³-hybridized carbons (Fsp3) is 0.286. The van der Waals surface area contributed by atoms with Crippen molar-refractivity contribution in [1.29, 1.82) is 0 Å². The summed E-state index contributed by atoms with van der Waals surface area (Å²) in [7, 11) is 3.44. The molecular weight excluding hydrogens is 266 g/mol. The molecule has 0 fully saturated rings. The summed E-state index contributed by atoms with van der Waals surface area (Å²) in [5.74, 6) is -1.10. The average Bonchev–Trinajstić information content (AvgIpc) is 2.36. The van der Waals surface area contributed by atoms with Crippen LogP contribution in [0.5, 0.6) is 0 Å². The normalized spacial score (nSPS) is 11.1. The van der Waals surface area contributed by atoms with Gasteiger partial charge < -0.3 is 9.64 Å². The standard InChI is InChI=1S/C14H16ClNO3/c1-4-19-14(18)11(9-16(2)3)13(17)10-7-5-6-8-12(10)15/h5-9H,4H2,1-3H3. The minimum atomic E-state index is -0.652. The van der Waals surface area contributed by atoms with E-state index in [1.807, 2.05) is 0 Å². The fourth-order valence-corrected chi connectivity index (χ4v) is 1.68. The molecule has 0 aliphatic rings. The molecule has 0 aromatic heterocycles. The molecule has 0 unspecified atom stereocenters. The van der Waals surface area contributed by atoms with Gasteiger partial charge in [-0.3, -0.25) is 4.79 Å². The van der Waals surface area contributed by atoms with Crippen molar-refractivity contribution >= 4 is 23.4 Å². The molecule has 0 aliphatic heterocycles. The van der Waals surface area contributed by atoms with Gasteiger partial charge in [0.15, 0.2) is 0 Å².